The zero-order valence-corrected chi connectivity index (χ0v) is 13.7. The maximum absolute atomic E-state index is 12.3. The first kappa shape index (κ1) is 18.1. The van der Waals surface area contributed by atoms with Gasteiger partial charge in [0, 0.05) is 18.2 Å². The second kappa shape index (κ2) is 8.05. The van der Waals surface area contributed by atoms with Crippen LogP contribution in [0, 0.1) is 17.0 Å². The van der Waals surface area contributed by atoms with E-state index in [4.69, 9.17) is 5.11 Å². The molecule has 25 heavy (non-hydrogen) atoms. The Bertz CT molecular complexity index is 800. The molecule has 0 radical (unpaired) electrons. The van der Waals surface area contributed by atoms with E-state index >= 15 is 0 Å². The Kier molecular flexibility index (Phi) is 5.84. The van der Waals surface area contributed by atoms with Gasteiger partial charge in [-0.25, -0.2) is 0 Å². The summed E-state index contributed by atoms with van der Waals surface area (Å²) in [7, 11) is 0. The summed E-state index contributed by atoms with van der Waals surface area (Å²) in [6, 6.07) is 11.3. The topological polar surface area (TPSA) is 110 Å². The number of carboxylic acids is 1. The summed E-state index contributed by atoms with van der Waals surface area (Å²) < 4.78 is 0. The van der Waals surface area contributed by atoms with Crippen molar-refractivity contribution in [3.8, 4) is 0 Å². The van der Waals surface area contributed by atoms with Gasteiger partial charge in [0.2, 0.25) is 0 Å². The van der Waals surface area contributed by atoms with Crippen LogP contribution in [-0.2, 0) is 11.2 Å². The van der Waals surface area contributed by atoms with E-state index in [9.17, 15) is 19.7 Å². The predicted octanol–water partition coefficient (Wildman–Crippen LogP) is 3.56. The number of anilines is 1. The van der Waals surface area contributed by atoms with Crippen molar-refractivity contribution in [3.63, 3.8) is 0 Å². The van der Waals surface area contributed by atoms with E-state index in [0.717, 1.165) is 11.1 Å². The molecule has 2 rings (SSSR count). The third kappa shape index (κ3) is 5.13. The molecule has 0 atom stereocenters. The van der Waals surface area contributed by atoms with Crippen LogP contribution in [-0.4, -0.2) is 21.9 Å². The SMILES string of the molecule is Cc1ccc([N+](=O)[O-])c(C(=O)Nc2ccc(CCCC(=O)O)cc2)c1. The highest BCUT2D eigenvalue weighted by Gasteiger charge is 2.20. The normalized spacial score (nSPS) is 10.3. The summed E-state index contributed by atoms with van der Waals surface area (Å²) in [5.41, 5.74) is 2.00. The maximum atomic E-state index is 12.3. The Morgan fingerprint density at radius 1 is 1.16 bits per heavy atom. The Hall–Kier alpha value is -3.22. The van der Waals surface area contributed by atoms with E-state index in [2.05, 4.69) is 5.32 Å². The fourth-order valence-electron chi connectivity index (χ4n) is 2.39. The molecule has 2 aromatic rings. The number of aliphatic carboxylic acids is 1. The summed E-state index contributed by atoms with van der Waals surface area (Å²) in [6.07, 6.45) is 1.27. The second-order valence-electron chi connectivity index (χ2n) is 5.68. The number of amides is 1. The van der Waals surface area contributed by atoms with Gasteiger partial charge in [0.25, 0.3) is 11.6 Å². The molecule has 0 bridgehead atoms. The van der Waals surface area contributed by atoms with Gasteiger partial charge < -0.3 is 10.4 Å². The molecule has 0 saturated carbocycles. The smallest absolute Gasteiger partial charge is 0.303 e. The number of hydrogen-bond donors (Lipinski definition) is 2. The summed E-state index contributed by atoms with van der Waals surface area (Å²) in [5.74, 6) is -1.38. The van der Waals surface area contributed by atoms with Crippen LogP contribution in [0.2, 0.25) is 0 Å². The number of carbonyl (C=O) groups is 2. The van der Waals surface area contributed by atoms with Crippen molar-refractivity contribution in [1.82, 2.24) is 0 Å². The molecule has 0 aromatic heterocycles. The summed E-state index contributed by atoms with van der Waals surface area (Å²) in [4.78, 5) is 33.3. The number of carboxylic acid groups (broad SMARTS) is 1. The Labute approximate surface area is 144 Å². The van der Waals surface area contributed by atoms with Gasteiger partial charge >= 0.3 is 5.97 Å². The van der Waals surface area contributed by atoms with E-state index in [1.54, 1.807) is 37.3 Å². The van der Waals surface area contributed by atoms with Crippen LogP contribution >= 0.6 is 0 Å². The number of nitrogens with zero attached hydrogens (tertiary/aromatic N) is 1. The summed E-state index contributed by atoms with van der Waals surface area (Å²) in [6.45, 7) is 1.76. The molecule has 0 spiro atoms. The molecule has 0 fully saturated rings. The lowest BCUT2D eigenvalue weighted by Crippen LogP contribution is -2.14. The summed E-state index contributed by atoms with van der Waals surface area (Å²) in [5, 5.41) is 22.3. The van der Waals surface area contributed by atoms with Crippen molar-refractivity contribution in [2.24, 2.45) is 0 Å². The van der Waals surface area contributed by atoms with E-state index in [-0.39, 0.29) is 17.7 Å². The monoisotopic (exact) mass is 342 g/mol. The van der Waals surface area contributed by atoms with Gasteiger partial charge in [-0.05, 0) is 49.1 Å². The van der Waals surface area contributed by atoms with Gasteiger partial charge in [-0.2, -0.15) is 0 Å². The van der Waals surface area contributed by atoms with Crippen LogP contribution < -0.4 is 5.32 Å². The minimum absolute atomic E-state index is 0.00975. The van der Waals surface area contributed by atoms with E-state index in [1.807, 2.05) is 0 Å². The van der Waals surface area contributed by atoms with Crippen LogP contribution in [0.25, 0.3) is 0 Å². The molecule has 2 aromatic carbocycles. The van der Waals surface area contributed by atoms with Crippen molar-refractivity contribution in [2.45, 2.75) is 26.2 Å². The average molecular weight is 342 g/mol. The summed E-state index contributed by atoms with van der Waals surface area (Å²) >= 11 is 0. The van der Waals surface area contributed by atoms with Crippen LogP contribution in [0.1, 0.15) is 34.3 Å². The molecular formula is C18H18N2O5. The number of nitrogens with one attached hydrogen (secondary N) is 1. The molecule has 0 aliphatic carbocycles. The lowest BCUT2D eigenvalue weighted by atomic mass is 10.1. The molecule has 130 valence electrons. The highest BCUT2D eigenvalue weighted by atomic mass is 16.6. The Balaban J connectivity index is 2.07. The first-order chi connectivity index (χ1) is 11.9. The van der Waals surface area contributed by atoms with Crippen molar-refractivity contribution < 1.29 is 19.6 Å². The molecule has 1 amide bonds. The zero-order valence-electron chi connectivity index (χ0n) is 13.7. The van der Waals surface area contributed by atoms with Gasteiger partial charge in [0.05, 0.1) is 4.92 Å². The van der Waals surface area contributed by atoms with Gasteiger partial charge in [0.1, 0.15) is 5.56 Å². The second-order valence-corrected chi connectivity index (χ2v) is 5.68. The highest BCUT2D eigenvalue weighted by molar-refractivity contribution is 6.07. The molecule has 7 heteroatoms. The van der Waals surface area contributed by atoms with Crippen molar-refractivity contribution >= 4 is 23.3 Å². The Morgan fingerprint density at radius 2 is 1.84 bits per heavy atom. The number of carbonyl (C=O) groups excluding carboxylic acids is 1. The predicted molar refractivity (Wildman–Crippen MR) is 92.8 cm³/mol. The number of rotatable bonds is 7. The zero-order chi connectivity index (χ0) is 18.4. The third-order valence-electron chi connectivity index (χ3n) is 3.66. The van der Waals surface area contributed by atoms with Crippen molar-refractivity contribution in [2.75, 3.05) is 5.32 Å². The highest BCUT2D eigenvalue weighted by Crippen LogP contribution is 2.21. The number of aryl methyl sites for hydroxylation is 2. The molecule has 2 N–H and O–H groups in total. The van der Waals surface area contributed by atoms with Crippen molar-refractivity contribution in [1.29, 1.82) is 0 Å². The molecule has 0 saturated heterocycles. The molecule has 0 unspecified atom stereocenters. The average Bonchev–Trinajstić information content (AvgIpc) is 2.55. The largest absolute Gasteiger partial charge is 0.481 e. The molecule has 7 nitrogen and oxygen atoms in total. The van der Waals surface area contributed by atoms with Gasteiger partial charge in [0.15, 0.2) is 0 Å². The number of nitro groups is 1. The quantitative estimate of drug-likeness (QED) is 0.590. The first-order valence-electron chi connectivity index (χ1n) is 7.74. The van der Waals surface area contributed by atoms with Crippen LogP contribution in [0.3, 0.4) is 0 Å². The number of benzene rings is 2. The molecular weight excluding hydrogens is 324 g/mol. The van der Waals surface area contributed by atoms with E-state index < -0.39 is 16.8 Å². The van der Waals surface area contributed by atoms with Crippen LogP contribution in [0.5, 0.6) is 0 Å². The molecule has 0 aliphatic heterocycles. The van der Waals surface area contributed by atoms with E-state index in [1.165, 1.54) is 12.1 Å². The van der Waals surface area contributed by atoms with Crippen LogP contribution in [0.4, 0.5) is 11.4 Å². The minimum Gasteiger partial charge on any atom is -0.481 e. The molecule has 0 aliphatic rings. The lowest BCUT2D eigenvalue weighted by molar-refractivity contribution is -0.385. The Morgan fingerprint density at radius 3 is 2.44 bits per heavy atom. The minimum atomic E-state index is -0.830. The lowest BCUT2D eigenvalue weighted by Gasteiger charge is -2.08. The molecule has 0 heterocycles. The van der Waals surface area contributed by atoms with Gasteiger partial charge in [-0.3, -0.25) is 19.7 Å². The van der Waals surface area contributed by atoms with Gasteiger partial charge in [-0.1, -0.05) is 18.2 Å². The fourth-order valence-corrected chi connectivity index (χ4v) is 2.39. The van der Waals surface area contributed by atoms with Gasteiger partial charge in [-0.15, -0.1) is 0 Å². The van der Waals surface area contributed by atoms with Crippen LogP contribution in [0.15, 0.2) is 42.5 Å². The third-order valence-corrected chi connectivity index (χ3v) is 3.66. The van der Waals surface area contributed by atoms with E-state index in [0.29, 0.717) is 18.5 Å². The number of hydrogen-bond acceptors (Lipinski definition) is 4. The maximum Gasteiger partial charge on any atom is 0.303 e. The first-order valence-corrected chi connectivity index (χ1v) is 7.74. The number of nitro benzene ring substituents is 1. The van der Waals surface area contributed by atoms with Crippen molar-refractivity contribution in [3.05, 3.63) is 69.3 Å². The fraction of sp³-hybridized carbons (Fsp3) is 0.222. The standard InChI is InChI=1S/C18H18N2O5/c1-12-5-10-16(20(24)25)15(11-12)18(23)19-14-8-6-13(7-9-14)3-2-4-17(21)22/h5-11H,2-4H2,1H3,(H,19,23)(H,21,22).